The molecule has 160 valence electrons. The van der Waals surface area contributed by atoms with Gasteiger partial charge in [-0.15, -0.1) is 0 Å². The fourth-order valence-corrected chi connectivity index (χ4v) is 5.25. The molecule has 30 heavy (non-hydrogen) atoms. The average molecular weight is 426 g/mol. The quantitative estimate of drug-likeness (QED) is 0.747. The third-order valence-corrected chi connectivity index (χ3v) is 7.03. The number of benzene rings is 1. The van der Waals surface area contributed by atoms with Crippen molar-refractivity contribution in [1.82, 2.24) is 14.7 Å². The molecule has 1 atom stereocenters. The molecule has 2 fully saturated rings. The fraction of sp³-hybridized carbons (Fsp3) is 0.500. The van der Waals surface area contributed by atoms with E-state index < -0.39 is 0 Å². The predicted molar refractivity (Wildman–Crippen MR) is 121 cm³/mol. The van der Waals surface area contributed by atoms with Crippen LogP contribution in [0.4, 0.5) is 0 Å². The van der Waals surface area contributed by atoms with Crippen molar-refractivity contribution in [2.24, 2.45) is 0 Å². The number of thiophene rings is 1. The summed E-state index contributed by atoms with van der Waals surface area (Å²) in [4.78, 5) is 31.3. The van der Waals surface area contributed by atoms with Crippen LogP contribution < -0.4 is 0 Å². The maximum absolute atomic E-state index is 13.4. The van der Waals surface area contributed by atoms with Crippen LogP contribution in [0.15, 0.2) is 41.1 Å². The summed E-state index contributed by atoms with van der Waals surface area (Å²) in [7, 11) is 0. The Hall–Kier alpha value is -2.18. The van der Waals surface area contributed by atoms with Gasteiger partial charge in [0.05, 0.1) is 6.04 Å². The number of amides is 2. The minimum Gasteiger partial charge on any atom is -0.341 e. The lowest BCUT2D eigenvalue weighted by Crippen LogP contribution is -2.51. The summed E-state index contributed by atoms with van der Waals surface area (Å²) in [6.45, 7) is 6.20. The monoisotopic (exact) mass is 425 g/mol. The number of hydrogen-bond donors (Lipinski definition) is 0. The number of rotatable bonds is 4. The van der Waals surface area contributed by atoms with E-state index in [2.05, 4.69) is 46.0 Å². The molecule has 1 aromatic heterocycles. The van der Waals surface area contributed by atoms with E-state index in [0.29, 0.717) is 13.1 Å². The first-order valence-corrected chi connectivity index (χ1v) is 12.0. The lowest BCUT2D eigenvalue weighted by Gasteiger charge is -2.37. The molecule has 2 aliphatic heterocycles. The van der Waals surface area contributed by atoms with Crippen LogP contribution in [0.5, 0.6) is 0 Å². The van der Waals surface area contributed by atoms with E-state index >= 15 is 0 Å². The topological polar surface area (TPSA) is 43.9 Å². The van der Waals surface area contributed by atoms with Gasteiger partial charge in [0.2, 0.25) is 11.8 Å². The SMILES string of the molecule is CC(=O)N1CCCN(C(=O)C2CCCCN2Cc2ccc(-c3ccsc3)cc2)CC1. The molecule has 2 aromatic rings. The average Bonchev–Trinajstić information content (AvgIpc) is 3.18. The van der Waals surface area contributed by atoms with E-state index in [0.717, 1.165) is 51.9 Å². The Bertz CT molecular complexity index is 850. The first-order valence-electron chi connectivity index (χ1n) is 11.0. The molecule has 6 heteroatoms. The molecule has 3 heterocycles. The van der Waals surface area contributed by atoms with Crippen LogP contribution in [-0.2, 0) is 16.1 Å². The number of likely N-dealkylation sites (tertiary alicyclic amines) is 1. The third kappa shape index (κ3) is 4.93. The smallest absolute Gasteiger partial charge is 0.239 e. The van der Waals surface area contributed by atoms with Crippen LogP contribution in [0, 0.1) is 0 Å². The fourth-order valence-electron chi connectivity index (χ4n) is 4.59. The maximum Gasteiger partial charge on any atom is 0.239 e. The van der Waals surface area contributed by atoms with E-state index in [1.165, 1.54) is 16.7 Å². The van der Waals surface area contributed by atoms with E-state index in [4.69, 9.17) is 0 Å². The second-order valence-corrected chi connectivity index (χ2v) is 9.16. The molecule has 2 aliphatic rings. The van der Waals surface area contributed by atoms with Gasteiger partial charge in [-0.1, -0.05) is 30.7 Å². The van der Waals surface area contributed by atoms with Gasteiger partial charge in [-0.05, 0) is 59.3 Å². The van der Waals surface area contributed by atoms with Gasteiger partial charge in [0, 0.05) is 39.6 Å². The van der Waals surface area contributed by atoms with Crippen LogP contribution in [-0.4, -0.2) is 65.3 Å². The zero-order chi connectivity index (χ0) is 20.9. The van der Waals surface area contributed by atoms with Crippen molar-refractivity contribution in [3.8, 4) is 11.1 Å². The molecule has 0 radical (unpaired) electrons. The number of carbonyl (C=O) groups is 2. The van der Waals surface area contributed by atoms with Gasteiger partial charge >= 0.3 is 0 Å². The van der Waals surface area contributed by atoms with Gasteiger partial charge in [0.1, 0.15) is 0 Å². The summed E-state index contributed by atoms with van der Waals surface area (Å²) in [6, 6.07) is 10.9. The summed E-state index contributed by atoms with van der Waals surface area (Å²) in [5.41, 5.74) is 3.76. The van der Waals surface area contributed by atoms with Crippen molar-refractivity contribution in [1.29, 1.82) is 0 Å². The highest BCUT2D eigenvalue weighted by molar-refractivity contribution is 7.08. The molecule has 0 saturated carbocycles. The van der Waals surface area contributed by atoms with Gasteiger partial charge in [0.25, 0.3) is 0 Å². The molecule has 1 unspecified atom stereocenters. The van der Waals surface area contributed by atoms with E-state index in [1.54, 1.807) is 18.3 Å². The first kappa shape index (κ1) is 21.1. The number of nitrogens with zero attached hydrogens (tertiary/aromatic N) is 3. The van der Waals surface area contributed by atoms with Crippen molar-refractivity contribution in [3.05, 3.63) is 46.7 Å². The van der Waals surface area contributed by atoms with E-state index in [9.17, 15) is 9.59 Å². The summed E-state index contributed by atoms with van der Waals surface area (Å²) >= 11 is 1.72. The Morgan fingerprint density at radius 1 is 0.900 bits per heavy atom. The predicted octanol–water partition coefficient (Wildman–Crippen LogP) is 3.85. The van der Waals surface area contributed by atoms with Crippen LogP contribution in [0.2, 0.25) is 0 Å². The summed E-state index contributed by atoms with van der Waals surface area (Å²) in [5, 5.41) is 4.27. The van der Waals surface area contributed by atoms with Crippen molar-refractivity contribution in [2.75, 3.05) is 32.7 Å². The molecular formula is C24H31N3O2S. The lowest BCUT2D eigenvalue weighted by atomic mass is 9.99. The molecule has 0 bridgehead atoms. The van der Waals surface area contributed by atoms with Gasteiger partial charge in [0.15, 0.2) is 0 Å². The summed E-state index contributed by atoms with van der Waals surface area (Å²) in [6.07, 6.45) is 4.05. The Labute approximate surface area is 183 Å². The van der Waals surface area contributed by atoms with Crippen LogP contribution >= 0.6 is 11.3 Å². The Balaban J connectivity index is 1.41. The van der Waals surface area contributed by atoms with Crippen LogP contribution in [0.1, 0.15) is 38.2 Å². The van der Waals surface area contributed by atoms with Crippen LogP contribution in [0.25, 0.3) is 11.1 Å². The number of piperidine rings is 1. The molecule has 0 N–H and O–H groups in total. The minimum absolute atomic E-state index is 0.0424. The highest BCUT2D eigenvalue weighted by Gasteiger charge is 2.32. The van der Waals surface area contributed by atoms with Gasteiger partial charge in [-0.3, -0.25) is 14.5 Å². The van der Waals surface area contributed by atoms with Crippen molar-refractivity contribution in [3.63, 3.8) is 0 Å². The van der Waals surface area contributed by atoms with Crippen molar-refractivity contribution < 1.29 is 9.59 Å². The largest absolute Gasteiger partial charge is 0.341 e. The highest BCUT2D eigenvalue weighted by Crippen LogP contribution is 2.25. The molecular weight excluding hydrogens is 394 g/mol. The maximum atomic E-state index is 13.4. The normalized spacial score (nSPS) is 20.8. The molecule has 2 saturated heterocycles. The summed E-state index contributed by atoms with van der Waals surface area (Å²) < 4.78 is 0. The molecule has 5 nitrogen and oxygen atoms in total. The second-order valence-electron chi connectivity index (χ2n) is 8.38. The number of hydrogen-bond acceptors (Lipinski definition) is 4. The highest BCUT2D eigenvalue weighted by atomic mass is 32.1. The van der Waals surface area contributed by atoms with Gasteiger partial charge in [-0.2, -0.15) is 11.3 Å². The molecule has 4 rings (SSSR count). The van der Waals surface area contributed by atoms with Crippen LogP contribution in [0.3, 0.4) is 0 Å². The third-order valence-electron chi connectivity index (χ3n) is 6.35. The second kappa shape index (κ2) is 9.75. The Morgan fingerprint density at radius 3 is 2.40 bits per heavy atom. The zero-order valence-electron chi connectivity index (χ0n) is 17.8. The molecule has 1 aromatic carbocycles. The van der Waals surface area contributed by atoms with Crippen molar-refractivity contribution in [2.45, 2.75) is 45.2 Å². The van der Waals surface area contributed by atoms with Crippen molar-refractivity contribution >= 4 is 23.2 Å². The first-order chi connectivity index (χ1) is 14.6. The van der Waals surface area contributed by atoms with Gasteiger partial charge in [-0.25, -0.2) is 0 Å². The standard InChI is InChI=1S/C24H31N3O2S/c1-19(28)25-12-4-13-26(15-14-25)24(29)23-5-2-3-11-27(23)17-20-6-8-21(9-7-20)22-10-16-30-18-22/h6-10,16,18,23H,2-5,11-15,17H2,1H3. The van der Waals surface area contributed by atoms with E-state index in [1.807, 2.05) is 9.80 Å². The molecule has 0 spiro atoms. The van der Waals surface area contributed by atoms with Gasteiger partial charge < -0.3 is 9.80 Å². The lowest BCUT2D eigenvalue weighted by molar-refractivity contribution is -0.139. The number of carbonyl (C=O) groups excluding carboxylic acids is 2. The molecule has 0 aliphatic carbocycles. The minimum atomic E-state index is -0.0424. The molecule has 2 amide bonds. The Morgan fingerprint density at radius 2 is 1.67 bits per heavy atom. The Kier molecular flexibility index (Phi) is 6.85. The van der Waals surface area contributed by atoms with E-state index in [-0.39, 0.29) is 17.9 Å². The zero-order valence-corrected chi connectivity index (χ0v) is 18.6. The summed E-state index contributed by atoms with van der Waals surface area (Å²) in [5.74, 6) is 0.351.